The minimum absolute atomic E-state index is 0.00256. The van der Waals surface area contributed by atoms with Crippen LogP contribution in [0.25, 0.3) is 0 Å². The molecule has 1 amide bonds. The SMILES string of the molecule is CCCCCCCCCC(C(C)=O)C(=O)NCC(C)C. The van der Waals surface area contributed by atoms with Crippen LogP contribution in [0.5, 0.6) is 0 Å². The first-order chi connectivity index (χ1) is 9.49. The van der Waals surface area contributed by atoms with Gasteiger partial charge in [0, 0.05) is 6.54 Å². The van der Waals surface area contributed by atoms with E-state index in [9.17, 15) is 9.59 Å². The molecule has 20 heavy (non-hydrogen) atoms. The normalized spacial score (nSPS) is 12.4. The molecule has 1 unspecified atom stereocenters. The molecule has 0 aliphatic carbocycles. The fraction of sp³-hybridized carbons (Fsp3) is 0.882. The number of ketones is 1. The van der Waals surface area contributed by atoms with Crippen LogP contribution in [0, 0.1) is 11.8 Å². The van der Waals surface area contributed by atoms with Crippen molar-refractivity contribution in [3.05, 3.63) is 0 Å². The van der Waals surface area contributed by atoms with Gasteiger partial charge in [0.25, 0.3) is 0 Å². The summed E-state index contributed by atoms with van der Waals surface area (Å²) in [5.41, 5.74) is 0. The van der Waals surface area contributed by atoms with Crippen molar-refractivity contribution in [2.75, 3.05) is 6.54 Å². The van der Waals surface area contributed by atoms with E-state index in [0.717, 1.165) is 12.8 Å². The summed E-state index contributed by atoms with van der Waals surface area (Å²) in [4.78, 5) is 23.5. The van der Waals surface area contributed by atoms with Gasteiger partial charge in [0.15, 0.2) is 0 Å². The molecule has 118 valence electrons. The lowest BCUT2D eigenvalue weighted by molar-refractivity contribution is -0.133. The molecule has 0 aromatic carbocycles. The van der Waals surface area contributed by atoms with Gasteiger partial charge in [-0.1, -0.05) is 65.7 Å². The Morgan fingerprint density at radius 2 is 1.50 bits per heavy atom. The number of carbonyl (C=O) groups is 2. The molecule has 0 heterocycles. The van der Waals surface area contributed by atoms with Crippen LogP contribution in [-0.4, -0.2) is 18.2 Å². The van der Waals surface area contributed by atoms with E-state index in [2.05, 4.69) is 26.1 Å². The number of hydrogen-bond acceptors (Lipinski definition) is 2. The third-order valence-corrected chi connectivity index (χ3v) is 3.59. The molecule has 0 aromatic rings. The van der Waals surface area contributed by atoms with Crippen molar-refractivity contribution in [2.45, 2.75) is 79.1 Å². The Balaban J connectivity index is 3.85. The molecule has 0 radical (unpaired) electrons. The maximum atomic E-state index is 12.0. The van der Waals surface area contributed by atoms with Crippen molar-refractivity contribution >= 4 is 11.7 Å². The minimum atomic E-state index is -0.440. The van der Waals surface area contributed by atoms with Crippen LogP contribution in [0.2, 0.25) is 0 Å². The molecule has 0 aliphatic heterocycles. The van der Waals surface area contributed by atoms with Gasteiger partial charge in [-0.15, -0.1) is 0 Å². The monoisotopic (exact) mass is 283 g/mol. The average molecular weight is 283 g/mol. The lowest BCUT2D eigenvalue weighted by Gasteiger charge is -2.15. The zero-order valence-electron chi connectivity index (χ0n) is 13.8. The zero-order chi connectivity index (χ0) is 15.4. The van der Waals surface area contributed by atoms with Crippen LogP contribution in [0.15, 0.2) is 0 Å². The zero-order valence-corrected chi connectivity index (χ0v) is 13.8. The maximum absolute atomic E-state index is 12.0. The molecule has 0 bridgehead atoms. The number of unbranched alkanes of at least 4 members (excludes halogenated alkanes) is 6. The smallest absolute Gasteiger partial charge is 0.230 e. The number of nitrogens with one attached hydrogen (secondary N) is 1. The molecule has 0 saturated carbocycles. The van der Waals surface area contributed by atoms with Gasteiger partial charge in [-0.05, 0) is 19.3 Å². The van der Waals surface area contributed by atoms with E-state index in [1.54, 1.807) is 0 Å². The summed E-state index contributed by atoms with van der Waals surface area (Å²) in [6, 6.07) is 0. The first-order valence-electron chi connectivity index (χ1n) is 8.27. The van der Waals surface area contributed by atoms with Crippen LogP contribution in [0.4, 0.5) is 0 Å². The summed E-state index contributed by atoms with van der Waals surface area (Å²) < 4.78 is 0. The topological polar surface area (TPSA) is 46.2 Å². The minimum Gasteiger partial charge on any atom is -0.355 e. The standard InChI is InChI=1S/C17H33NO2/c1-5-6-7-8-9-10-11-12-16(15(4)19)17(20)18-13-14(2)3/h14,16H,5-13H2,1-4H3,(H,18,20). The molecule has 1 atom stereocenters. The van der Waals surface area contributed by atoms with Crippen molar-refractivity contribution in [3.63, 3.8) is 0 Å². The van der Waals surface area contributed by atoms with Gasteiger partial charge in [-0.25, -0.2) is 0 Å². The summed E-state index contributed by atoms with van der Waals surface area (Å²) in [5.74, 6) is -0.107. The van der Waals surface area contributed by atoms with E-state index in [1.165, 1.54) is 39.0 Å². The number of hydrogen-bond donors (Lipinski definition) is 1. The van der Waals surface area contributed by atoms with Crippen LogP contribution < -0.4 is 5.32 Å². The van der Waals surface area contributed by atoms with Crippen LogP contribution in [0.3, 0.4) is 0 Å². The van der Waals surface area contributed by atoms with E-state index in [0.29, 0.717) is 18.9 Å². The van der Waals surface area contributed by atoms with Gasteiger partial charge in [-0.3, -0.25) is 9.59 Å². The highest BCUT2D eigenvalue weighted by atomic mass is 16.2. The second-order valence-corrected chi connectivity index (χ2v) is 6.21. The van der Waals surface area contributed by atoms with Crippen LogP contribution in [0.1, 0.15) is 79.1 Å². The predicted octanol–water partition coefficient (Wildman–Crippen LogP) is 4.10. The van der Waals surface area contributed by atoms with E-state index in [-0.39, 0.29) is 11.7 Å². The summed E-state index contributed by atoms with van der Waals surface area (Å²) in [7, 11) is 0. The lowest BCUT2D eigenvalue weighted by atomic mass is 9.95. The molecular formula is C17H33NO2. The number of rotatable bonds is 12. The lowest BCUT2D eigenvalue weighted by Crippen LogP contribution is -2.36. The Hall–Kier alpha value is -0.860. The van der Waals surface area contributed by atoms with Crippen molar-refractivity contribution in [1.82, 2.24) is 5.32 Å². The van der Waals surface area contributed by atoms with Gasteiger partial charge < -0.3 is 5.32 Å². The Kier molecular flexibility index (Phi) is 11.4. The summed E-state index contributed by atoms with van der Waals surface area (Å²) in [6.07, 6.45) is 9.19. The predicted molar refractivity (Wildman–Crippen MR) is 84.6 cm³/mol. The number of carbonyl (C=O) groups excluding carboxylic acids is 2. The Morgan fingerprint density at radius 1 is 0.950 bits per heavy atom. The number of amides is 1. The third kappa shape index (κ3) is 9.99. The molecule has 0 rings (SSSR count). The Morgan fingerprint density at radius 3 is 2.00 bits per heavy atom. The molecule has 0 spiro atoms. The van der Waals surface area contributed by atoms with E-state index >= 15 is 0 Å². The summed E-state index contributed by atoms with van der Waals surface area (Å²) in [6.45, 7) is 8.51. The van der Waals surface area contributed by atoms with E-state index < -0.39 is 5.92 Å². The van der Waals surface area contributed by atoms with Gasteiger partial charge in [0.2, 0.25) is 5.91 Å². The fourth-order valence-electron chi connectivity index (χ4n) is 2.25. The molecule has 3 nitrogen and oxygen atoms in total. The van der Waals surface area contributed by atoms with Gasteiger partial charge in [-0.2, -0.15) is 0 Å². The van der Waals surface area contributed by atoms with Crippen LogP contribution in [-0.2, 0) is 9.59 Å². The first kappa shape index (κ1) is 19.1. The number of Topliss-reactive ketones (excluding diaryl/α,β-unsaturated/α-hetero) is 1. The van der Waals surface area contributed by atoms with Crippen molar-refractivity contribution in [2.24, 2.45) is 11.8 Å². The molecular weight excluding hydrogens is 250 g/mol. The van der Waals surface area contributed by atoms with Gasteiger partial charge >= 0.3 is 0 Å². The van der Waals surface area contributed by atoms with E-state index in [4.69, 9.17) is 0 Å². The molecule has 0 saturated heterocycles. The molecule has 0 aromatic heterocycles. The summed E-state index contributed by atoms with van der Waals surface area (Å²) in [5, 5.41) is 2.87. The molecule has 0 aliphatic rings. The third-order valence-electron chi connectivity index (χ3n) is 3.59. The first-order valence-corrected chi connectivity index (χ1v) is 8.27. The fourth-order valence-corrected chi connectivity index (χ4v) is 2.25. The van der Waals surface area contributed by atoms with Crippen molar-refractivity contribution in [1.29, 1.82) is 0 Å². The van der Waals surface area contributed by atoms with Gasteiger partial charge in [0.1, 0.15) is 5.78 Å². The maximum Gasteiger partial charge on any atom is 0.230 e. The Bertz CT molecular complexity index is 274. The van der Waals surface area contributed by atoms with Crippen LogP contribution >= 0.6 is 0 Å². The highest BCUT2D eigenvalue weighted by Gasteiger charge is 2.22. The highest BCUT2D eigenvalue weighted by Crippen LogP contribution is 2.14. The van der Waals surface area contributed by atoms with Gasteiger partial charge in [0.05, 0.1) is 5.92 Å². The largest absolute Gasteiger partial charge is 0.355 e. The van der Waals surface area contributed by atoms with Crippen molar-refractivity contribution in [3.8, 4) is 0 Å². The highest BCUT2D eigenvalue weighted by molar-refractivity contribution is 6.00. The molecule has 0 fully saturated rings. The molecule has 1 N–H and O–H groups in total. The summed E-state index contributed by atoms with van der Waals surface area (Å²) >= 11 is 0. The molecule has 3 heteroatoms. The second kappa shape index (κ2) is 11.9. The Labute approximate surface area is 124 Å². The van der Waals surface area contributed by atoms with Crippen molar-refractivity contribution < 1.29 is 9.59 Å². The quantitative estimate of drug-likeness (QED) is 0.433. The average Bonchev–Trinajstić information content (AvgIpc) is 2.38. The second-order valence-electron chi connectivity index (χ2n) is 6.21. The van der Waals surface area contributed by atoms with E-state index in [1.807, 2.05) is 0 Å².